The first kappa shape index (κ1) is 14.8. The second kappa shape index (κ2) is 6.75. The number of aromatic nitrogens is 2. The molecule has 0 radical (unpaired) electrons. The van der Waals surface area contributed by atoms with E-state index in [0.29, 0.717) is 0 Å². The number of nitrogens with zero attached hydrogens (tertiary/aromatic N) is 3. The Morgan fingerprint density at radius 2 is 1.77 bits per heavy atom. The van der Waals surface area contributed by atoms with Gasteiger partial charge >= 0.3 is 0 Å². The van der Waals surface area contributed by atoms with Crippen molar-refractivity contribution in [3.05, 3.63) is 47.4 Å². The first-order valence-corrected chi connectivity index (χ1v) is 7.52. The first-order valence-electron chi connectivity index (χ1n) is 7.52. The van der Waals surface area contributed by atoms with Gasteiger partial charge in [-0.05, 0) is 24.1 Å². The lowest BCUT2D eigenvalue weighted by Gasteiger charge is -2.19. The van der Waals surface area contributed by atoms with Crippen molar-refractivity contribution in [2.75, 3.05) is 27.3 Å². The Labute approximate surface area is 130 Å². The average Bonchev–Trinajstić information content (AvgIpc) is 2.78. The molecule has 22 heavy (non-hydrogen) atoms. The number of hydrogen-bond donors (Lipinski definition) is 0. The molecule has 2 aromatic rings. The molecule has 2 heterocycles. The van der Waals surface area contributed by atoms with Gasteiger partial charge in [-0.1, -0.05) is 12.1 Å². The van der Waals surface area contributed by atoms with E-state index in [9.17, 15) is 0 Å². The fourth-order valence-electron chi connectivity index (χ4n) is 2.87. The molecule has 116 valence electrons. The molecule has 0 fully saturated rings. The monoisotopic (exact) mass is 299 g/mol. The van der Waals surface area contributed by atoms with E-state index in [1.807, 2.05) is 12.1 Å². The molecule has 1 aliphatic heterocycles. The summed E-state index contributed by atoms with van der Waals surface area (Å²) in [6, 6.07) is 8.27. The molecule has 0 spiro atoms. The predicted octanol–water partition coefficient (Wildman–Crippen LogP) is 2.09. The maximum atomic E-state index is 5.36. The van der Waals surface area contributed by atoms with Gasteiger partial charge in [0.25, 0.3) is 0 Å². The third-order valence-electron chi connectivity index (χ3n) is 4.10. The van der Waals surface area contributed by atoms with E-state index < -0.39 is 0 Å². The lowest BCUT2D eigenvalue weighted by molar-refractivity contribution is 0.278. The minimum atomic E-state index is 0.719. The molecular weight excluding hydrogens is 278 g/mol. The summed E-state index contributed by atoms with van der Waals surface area (Å²) in [4.78, 5) is 11.1. The molecule has 0 amide bonds. The highest BCUT2D eigenvalue weighted by molar-refractivity contribution is 5.31. The number of rotatable bonds is 4. The number of ether oxygens (including phenoxy) is 2. The molecule has 5 heteroatoms. The highest BCUT2D eigenvalue weighted by Gasteiger charge is 2.19. The van der Waals surface area contributed by atoms with Crippen LogP contribution in [0.25, 0.3) is 0 Å². The van der Waals surface area contributed by atoms with Crippen molar-refractivity contribution in [1.82, 2.24) is 14.9 Å². The lowest BCUT2D eigenvalue weighted by Crippen LogP contribution is -2.25. The SMILES string of the molecule is COc1ccc(CN2CCc3ncnc(OC)c3CC2)cc1. The summed E-state index contributed by atoms with van der Waals surface area (Å²) in [6.07, 6.45) is 3.46. The topological polar surface area (TPSA) is 47.5 Å². The summed E-state index contributed by atoms with van der Waals surface area (Å²) < 4.78 is 10.6. The summed E-state index contributed by atoms with van der Waals surface area (Å²) in [5.74, 6) is 1.61. The minimum Gasteiger partial charge on any atom is -0.497 e. The Morgan fingerprint density at radius 1 is 1.00 bits per heavy atom. The quantitative estimate of drug-likeness (QED) is 0.865. The molecule has 0 unspecified atom stereocenters. The normalized spacial score (nSPS) is 15.0. The number of benzene rings is 1. The van der Waals surface area contributed by atoms with Gasteiger partial charge in [0.15, 0.2) is 0 Å². The van der Waals surface area contributed by atoms with Crippen molar-refractivity contribution in [3.63, 3.8) is 0 Å². The van der Waals surface area contributed by atoms with E-state index in [0.717, 1.165) is 55.4 Å². The fourth-order valence-corrected chi connectivity index (χ4v) is 2.87. The smallest absolute Gasteiger partial charge is 0.219 e. The van der Waals surface area contributed by atoms with Crippen LogP contribution in [0.5, 0.6) is 11.6 Å². The fraction of sp³-hybridized carbons (Fsp3) is 0.412. The molecule has 5 nitrogen and oxygen atoms in total. The van der Waals surface area contributed by atoms with Crippen LogP contribution in [0.1, 0.15) is 16.8 Å². The molecule has 0 bridgehead atoms. The van der Waals surface area contributed by atoms with E-state index in [-0.39, 0.29) is 0 Å². The number of methoxy groups -OCH3 is 2. The summed E-state index contributed by atoms with van der Waals surface area (Å²) >= 11 is 0. The molecule has 1 aromatic heterocycles. The van der Waals surface area contributed by atoms with Crippen molar-refractivity contribution < 1.29 is 9.47 Å². The second-order valence-electron chi connectivity index (χ2n) is 5.43. The van der Waals surface area contributed by atoms with Gasteiger partial charge in [0.2, 0.25) is 5.88 Å². The van der Waals surface area contributed by atoms with Crippen molar-refractivity contribution in [2.24, 2.45) is 0 Å². The van der Waals surface area contributed by atoms with Gasteiger partial charge < -0.3 is 9.47 Å². The van der Waals surface area contributed by atoms with Crippen LogP contribution in [0, 0.1) is 0 Å². The minimum absolute atomic E-state index is 0.719. The van der Waals surface area contributed by atoms with Gasteiger partial charge in [0, 0.05) is 31.6 Å². The van der Waals surface area contributed by atoms with Crippen LogP contribution < -0.4 is 9.47 Å². The van der Waals surface area contributed by atoms with Crippen LogP contribution in [0.4, 0.5) is 0 Å². The van der Waals surface area contributed by atoms with Gasteiger partial charge in [0.05, 0.1) is 19.9 Å². The summed E-state index contributed by atoms with van der Waals surface area (Å²) in [5.41, 5.74) is 3.57. The van der Waals surface area contributed by atoms with E-state index >= 15 is 0 Å². The predicted molar refractivity (Wildman–Crippen MR) is 84.3 cm³/mol. The molecule has 0 saturated carbocycles. The number of hydrogen-bond acceptors (Lipinski definition) is 5. The Morgan fingerprint density at radius 3 is 2.50 bits per heavy atom. The summed E-state index contributed by atoms with van der Waals surface area (Å²) in [7, 11) is 3.36. The van der Waals surface area contributed by atoms with Crippen LogP contribution in [0.15, 0.2) is 30.6 Å². The van der Waals surface area contributed by atoms with Gasteiger partial charge in [-0.2, -0.15) is 0 Å². The van der Waals surface area contributed by atoms with E-state index in [1.54, 1.807) is 20.5 Å². The van der Waals surface area contributed by atoms with Crippen molar-refractivity contribution in [2.45, 2.75) is 19.4 Å². The van der Waals surface area contributed by atoms with Crippen LogP contribution in [-0.2, 0) is 19.4 Å². The van der Waals surface area contributed by atoms with E-state index in [4.69, 9.17) is 9.47 Å². The molecule has 0 aliphatic carbocycles. The third-order valence-corrected chi connectivity index (χ3v) is 4.10. The summed E-state index contributed by atoms with van der Waals surface area (Å²) in [6.45, 7) is 2.93. The molecule has 1 aliphatic rings. The largest absolute Gasteiger partial charge is 0.497 e. The van der Waals surface area contributed by atoms with Crippen LogP contribution >= 0.6 is 0 Å². The standard InChI is InChI=1S/C17H21N3O2/c1-21-14-5-3-13(4-6-14)11-20-9-7-15-16(8-10-20)18-12-19-17(15)22-2/h3-6,12H,7-11H2,1-2H3. The van der Waals surface area contributed by atoms with Gasteiger partial charge in [-0.15, -0.1) is 0 Å². The molecular formula is C17H21N3O2. The molecule has 0 saturated heterocycles. The Balaban J connectivity index is 1.68. The summed E-state index contributed by atoms with van der Waals surface area (Å²) in [5, 5.41) is 0. The average molecular weight is 299 g/mol. The molecule has 0 N–H and O–H groups in total. The van der Waals surface area contributed by atoms with Crippen molar-refractivity contribution in [3.8, 4) is 11.6 Å². The van der Waals surface area contributed by atoms with Crippen LogP contribution in [-0.4, -0.2) is 42.2 Å². The second-order valence-corrected chi connectivity index (χ2v) is 5.43. The molecule has 1 aromatic carbocycles. The van der Waals surface area contributed by atoms with Crippen LogP contribution in [0.2, 0.25) is 0 Å². The highest BCUT2D eigenvalue weighted by atomic mass is 16.5. The van der Waals surface area contributed by atoms with E-state index in [2.05, 4.69) is 27.0 Å². The van der Waals surface area contributed by atoms with Gasteiger partial charge in [-0.25, -0.2) is 9.97 Å². The Kier molecular flexibility index (Phi) is 4.53. The van der Waals surface area contributed by atoms with Crippen LogP contribution in [0.3, 0.4) is 0 Å². The molecule has 3 rings (SSSR count). The van der Waals surface area contributed by atoms with Crippen molar-refractivity contribution in [1.29, 1.82) is 0 Å². The first-order chi connectivity index (χ1) is 10.8. The van der Waals surface area contributed by atoms with Gasteiger partial charge in [0.1, 0.15) is 12.1 Å². The Bertz CT molecular complexity index is 628. The lowest BCUT2D eigenvalue weighted by atomic mass is 10.1. The Hall–Kier alpha value is -2.14. The zero-order valence-electron chi connectivity index (χ0n) is 13.1. The zero-order chi connectivity index (χ0) is 15.4. The zero-order valence-corrected chi connectivity index (χ0v) is 13.1. The number of fused-ring (bicyclic) bond motifs is 1. The van der Waals surface area contributed by atoms with Gasteiger partial charge in [-0.3, -0.25) is 4.90 Å². The van der Waals surface area contributed by atoms with Crippen molar-refractivity contribution >= 4 is 0 Å². The third kappa shape index (κ3) is 3.20. The maximum Gasteiger partial charge on any atom is 0.219 e. The highest BCUT2D eigenvalue weighted by Crippen LogP contribution is 2.22. The van der Waals surface area contributed by atoms with E-state index in [1.165, 1.54) is 5.56 Å². The maximum absolute atomic E-state index is 5.36. The molecule has 0 atom stereocenters.